The predicted octanol–water partition coefficient (Wildman–Crippen LogP) is 3.13. The number of Topliss-reactive ketones (excluding diaryl/α,β-unsaturated/α-hetero) is 1. The first kappa shape index (κ1) is 20.4. The molecule has 4 rings (SSSR count). The predicted molar refractivity (Wildman–Crippen MR) is 115 cm³/mol. The van der Waals surface area contributed by atoms with Gasteiger partial charge in [0.2, 0.25) is 0 Å². The molecule has 1 aliphatic heterocycles. The van der Waals surface area contributed by atoms with Crippen molar-refractivity contribution in [2.75, 3.05) is 28.2 Å². The summed E-state index contributed by atoms with van der Waals surface area (Å²) in [4.78, 5) is 33.8. The van der Waals surface area contributed by atoms with Crippen molar-refractivity contribution in [2.24, 2.45) is 0 Å². The lowest BCUT2D eigenvalue weighted by atomic mass is 9.83. The molecule has 0 aromatic heterocycles. The molecule has 0 spiro atoms. The number of carbonyl (C=O) groups is 2. The number of ketones is 1. The third-order valence-electron chi connectivity index (χ3n) is 4.76. The van der Waals surface area contributed by atoms with Crippen LogP contribution in [0, 0.1) is 0 Å². The van der Waals surface area contributed by atoms with Gasteiger partial charge >= 0.3 is 0 Å². The molecule has 7 nitrogen and oxygen atoms in total. The van der Waals surface area contributed by atoms with E-state index in [9.17, 15) is 9.59 Å². The van der Waals surface area contributed by atoms with E-state index in [1.165, 1.54) is 5.06 Å². The van der Waals surface area contributed by atoms with Crippen molar-refractivity contribution < 1.29 is 18.9 Å². The first-order chi connectivity index (χ1) is 14.4. The molecular formula is C22H21N3O4S. The summed E-state index contributed by atoms with van der Waals surface area (Å²) in [6.07, 6.45) is 0. The SMILES string of the molecule is CN(C)OOSc1ccc(C2=C3C(=O)c4ccccc4C(N(C)C)=C3C(=O)N2)cc1. The Hall–Kier alpha value is -2.91. The lowest BCUT2D eigenvalue weighted by molar-refractivity contribution is -0.340. The average molecular weight is 423 g/mol. The Kier molecular flexibility index (Phi) is 5.48. The molecule has 0 saturated carbocycles. The van der Waals surface area contributed by atoms with Crippen LogP contribution in [0.1, 0.15) is 21.5 Å². The topological polar surface area (TPSA) is 71.1 Å². The molecule has 0 bridgehead atoms. The Morgan fingerprint density at radius 3 is 2.17 bits per heavy atom. The van der Waals surface area contributed by atoms with Gasteiger partial charge in [-0.15, -0.1) is 9.32 Å². The fourth-order valence-electron chi connectivity index (χ4n) is 3.56. The van der Waals surface area contributed by atoms with Gasteiger partial charge in [0.25, 0.3) is 5.91 Å². The van der Waals surface area contributed by atoms with Crippen LogP contribution in [-0.2, 0) is 14.1 Å². The number of carbonyl (C=O) groups excluding carboxylic acids is 2. The first-order valence-corrected chi connectivity index (χ1v) is 10.0. The van der Waals surface area contributed by atoms with E-state index in [1.807, 2.05) is 61.5 Å². The number of rotatable bonds is 6. The quantitative estimate of drug-likeness (QED) is 0.435. The van der Waals surface area contributed by atoms with E-state index in [2.05, 4.69) is 5.32 Å². The van der Waals surface area contributed by atoms with Gasteiger partial charge in [-0.1, -0.05) is 36.4 Å². The van der Waals surface area contributed by atoms with Gasteiger partial charge in [0.1, 0.15) is 0 Å². The molecule has 0 radical (unpaired) electrons. The third-order valence-corrected chi connectivity index (χ3v) is 5.35. The molecule has 1 heterocycles. The summed E-state index contributed by atoms with van der Waals surface area (Å²) < 4.78 is 5.04. The molecule has 0 saturated heterocycles. The summed E-state index contributed by atoms with van der Waals surface area (Å²) in [5.41, 5.74) is 4.21. The molecule has 1 amide bonds. The maximum Gasteiger partial charge on any atom is 0.258 e. The van der Waals surface area contributed by atoms with Crippen LogP contribution in [0.5, 0.6) is 0 Å². The molecule has 2 aliphatic rings. The van der Waals surface area contributed by atoms with Crippen LogP contribution >= 0.6 is 12.0 Å². The minimum atomic E-state index is -0.271. The second-order valence-electron chi connectivity index (χ2n) is 7.26. The second kappa shape index (κ2) is 8.08. The Labute approximate surface area is 179 Å². The van der Waals surface area contributed by atoms with Crippen molar-refractivity contribution in [3.05, 3.63) is 76.4 Å². The monoisotopic (exact) mass is 423 g/mol. The van der Waals surface area contributed by atoms with E-state index in [0.717, 1.165) is 33.8 Å². The summed E-state index contributed by atoms with van der Waals surface area (Å²) >= 11 is 1.07. The van der Waals surface area contributed by atoms with Gasteiger partial charge in [0.15, 0.2) is 5.78 Å². The van der Waals surface area contributed by atoms with E-state index < -0.39 is 0 Å². The van der Waals surface area contributed by atoms with Crippen molar-refractivity contribution in [2.45, 2.75) is 4.90 Å². The van der Waals surface area contributed by atoms with E-state index in [-0.39, 0.29) is 11.7 Å². The average Bonchev–Trinajstić information content (AvgIpc) is 3.06. The first-order valence-electron chi connectivity index (χ1n) is 9.29. The molecular weight excluding hydrogens is 402 g/mol. The number of amides is 1. The smallest absolute Gasteiger partial charge is 0.258 e. The highest BCUT2D eigenvalue weighted by Crippen LogP contribution is 2.41. The maximum atomic E-state index is 13.3. The second-order valence-corrected chi connectivity index (χ2v) is 8.03. The molecule has 30 heavy (non-hydrogen) atoms. The van der Waals surface area contributed by atoms with Gasteiger partial charge in [-0.25, -0.2) is 0 Å². The largest absolute Gasteiger partial charge is 0.376 e. The van der Waals surface area contributed by atoms with Crippen LogP contribution < -0.4 is 5.32 Å². The lowest BCUT2D eigenvalue weighted by Gasteiger charge is -2.26. The number of hydrogen-bond donors (Lipinski definition) is 1. The van der Waals surface area contributed by atoms with Crippen LogP contribution in [0.4, 0.5) is 0 Å². The fraction of sp³-hybridized carbons (Fsp3) is 0.182. The number of fused-ring (bicyclic) bond motifs is 2. The van der Waals surface area contributed by atoms with Gasteiger partial charge in [0, 0.05) is 44.2 Å². The van der Waals surface area contributed by atoms with Crippen molar-refractivity contribution >= 4 is 35.1 Å². The molecule has 154 valence electrons. The van der Waals surface area contributed by atoms with Crippen molar-refractivity contribution in [3.63, 3.8) is 0 Å². The summed E-state index contributed by atoms with van der Waals surface area (Å²) in [6, 6.07) is 14.8. The number of benzene rings is 2. The van der Waals surface area contributed by atoms with Gasteiger partial charge in [-0.3, -0.25) is 9.59 Å². The molecule has 0 unspecified atom stereocenters. The van der Waals surface area contributed by atoms with E-state index >= 15 is 0 Å². The van der Waals surface area contributed by atoms with Crippen molar-refractivity contribution in [1.29, 1.82) is 0 Å². The van der Waals surface area contributed by atoms with Gasteiger partial charge in [-0.05, 0) is 17.7 Å². The van der Waals surface area contributed by atoms with Gasteiger partial charge in [0.05, 0.1) is 34.6 Å². The maximum absolute atomic E-state index is 13.3. The molecule has 2 aromatic carbocycles. The molecule has 2 aromatic rings. The van der Waals surface area contributed by atoms with E-state index in [4.69, 9.17) is 9.32 Å². The minimum Gasteiger partial charge on any atom is -0.376 e. The summed E-state index contributed by atoms with van der Waals surface area (Å²) in [5.74, 6) is -0.423. The number of nitrogens with one attached hydrogen (secondary N) is 1. The molecule has 1 N–H and O–H groups in total. The Morgan fingerprint density at radius 2 is 1.53 bits per heavy atom. The molecule has 1 aliphatic carbocycles. The highest BCUT2D eigenvalue weighted by Gasteiger charge is 2.40. The highest BCUT2D eigenvalue weighted by molar-refractivity contribution is 7.94. The van der Waals surface area contributed by atoms with Gasteiger partial charge in [-0.2, -0.15) is 5.06 Å². The van der Waals surface area contributed by atoms with Crippen LogP contribution in [-0.4, -0.2) is 49.8 Å². The van der Waals surface area contributed by atoms with Crippen molar-refractivity contribution in [3.8, 4) is 0 Å². The van der Waals surface area contributed by atoms with E-state index in [0.29, 0.717) is 22.4 Å². The fourth-order valence-corrected chi connectivity index (χ4v) is 4.04. The van der Waals surface area contributed by atoms with Gasteiger partial charge < -0.3 is 10.2 Å². The van der Waals surface area contributed by atoms with Crippen LogP contribution in [0.15, 0.2) is 64.6 Å². The molecule has 0 atom stereocenters. The third kappa shape index (κ3) is 3.54. The lowest BCUT2D eigenvalue weighted by Crippen LogP contribution is -2.25. The Morgan fingerprint density at radius 1 is 0.867 bits per heavy atom. The standard InChI is InChI=1S/C22H21N3O4S/c1-24(2)20-15-7-5-6-8-16(15)21(26)17-18(20)22(27)23-19(17)13-9-11-14(12-10-13)30-29-28-25(3)4/h5-12H,1-4H3,(H,23,27). The number of hydroxylamine groups is 2. The highest BCUT2D eigenvalue weighted by atomic mass is 32.2. The summed E-state index contributed by atoms with van der Waals surface area (Å²) in [7, 11) is 7.18. The zero-order valence-electron chi connectivity index (χ0n) is 17.1. The van der Waals surface area contributed by atoms with Crippen LogP contribution in [0.3, 0.4) is 0 Å². The van der Waals surface area contributed by atoms with E-state index in [1.54, 1.807) is 20.2 Å². The Balaban J connectivity index is 1.76. The summed E-state index contributed by atoms with van der Waals surface area (Å²) in [5, 5.41) is 4.34. The summed E-state index contributed by atoms with van der Waals surface area (Å²) in [6.45, 7) is 0. The Bertz CT molecular complexity index is 1090. The minimum absolute atomic E-state index is 0.152. The number of hydrogen-bond acceptors (Lipinski definition) is 7. The zero-order chi connectivity index (χ0) is 21.4. The zero-order valence-corrected chi connectivity index (χ0v) is 17.9. The normalized spacial score (nSPS) is 15.5. The molecule has 0 fully saturated rings. The molecule has 8 heteroatoms. The number of nitrogens with zero attached hydrogens (tertiary/aromatic N) is 2. The van der Waals surface area contributed by atoms with Crippen LogP contribution in [0.25, 0.3) is 11.4 Å². The van der Waals surface area contributed by atoms with Crippen molar-refractivity contribution in [1.82, 2.24) is 15.3 Å². The van der Waals surface area contributed by atoms with Crippen LogP contribution in [0.2, 0.25) is 0 Å².